The summed E-state index contributed by atoms with van der Waals surface area (Å²) in [6.07, 6.45) is 6.23. The van der Waals surface area contributed by atoms with E-state index in [4.69, 9.17) is 0 Å². The average molecular weight is 255 g/mol. The molecule has 0 bridgehead atoms. The maximum atomic E-state index is 9.69. The van der Waals surface area contributed by atoms with E-state index in [1.54, 1.807) is 0 Å². The van der Waals surface area contributed by atoms with Crippen LogP contribution in [0.5, 0.6) is 0 Å². The second-order valence-electron chi connectivity index (χ2n) is 6.58. The number of aliphatic hydroxyl groups excluding tert-OH is 1. The van der Waals surface area contributed by atoms with Crippen molar-refractivity contribution in [2.75, 3.05) is 26.2 Å². The van der Waals surface area contributed by atoms with Crippen LogP contribution in [0.2, 0.25) is 0 Å². The van der Waals surface area contributed by atoms with E-state index in [0.29, 0.717) is 6.61 Å². The van der Waals surface area contributed by atoms with Gasteiger partial charge in [-0.2, -0.15) is 0 Å². The van der Waals surface area contributed by atoms with Gasteiger partial charge in [0.15, 0.2) is 0 Å². The molecule has 0 radical (unpaired) electrons. The molecule has 1 atom stereocenters. The summed E-state index contributed by atoms with van der Waals surface area (Å²) < 4.78 is 0. The van der Waals surface area contributed by atoms with Crippen LogP contribution in [0.15, 0.2) is 0 Å². The van der Waals surface area contributed by atoms with Crippen molar-refractivity contribution in [1.29, 1.82) is 0 Å². The summed E-state index contributed by atoms with van der Waals surface area (Å²) in [4.78, 5) is 2.60. The lowest BCUT2D eigenvalue weighted by Crippen LogP contribution is -2.40. The van der Waals surface area contributed by atoms with E-state index < -0.39 is 0 Å². The van der Waals surface area contributed by atoms with Gasteiger partial charge in [-0.05, 0) is 57.0 Å². The molecular formula is C16H33NO. The van der Waals surface area contributed by atoms with Gasteiger partial charge >= 0.3 is 0 Å². The molecule has 1 saturated heterocycles. The number of rotatable bonds is 6. The Bertz CT molecular complexity index is 215. The van der Waals surface area contributed by atoms with Crippen LogP contribution < -0.4 is 0 Å². The molecule has 0 aromatic rings. The topological polar surface area (TPSA) is 23.5 Å². The van der Waals surface area contributed by atoms with Crippen LogP contribution in [-0.2, 0) is 0 Å². The molecule has 18 heavy (non-hydrogen) atoms. The second kappa shape index (κ2) is 7.49. The first-order valence-corrected chi connectivity index (χ1v) is 7.90. The normalized spacial score (nSPS) is 23.3. The fourth-order valence-corrected chi connectivity index (χ4v) is 3.23. The van der Waals surface area contributed by atoms with E-state index in [9.17, 15) is 5.11 Å². The van der Waals surface area contributed by atoms with Crippen LogP contribution in [0.1, 0.15) is 59.8 Å². The van der Waals surface area contributed by atoms with Gasteiger partial charge in [-0.25, -0.2) is 0 Å². The summed E-state index contributed by atoms with van der Waals surface area (Å²) in [5.41, 5.74) is 0.137. The summed E-state index contributed by atoms with van der Waals surface area (Å²) in [6.45, 7) is 13.0. The molecule has 0 spiro atoms. The molecule has 1 rings (SSSR count). The van der Waals surface area contributed by atoms with E-state index in [2.05, 4.69) is 32.6 Å². The van der Waals surface area contributed by atoms with Gasteiger partial charge < -0.3 is 10.0 Å². The molecule has 0 amide bonds. The van der Waals surface area contributed by atoms with E-state index in [0.717, 1.165) is 31.2 Å². The molecule has 1 fully saturated rings. The lowest BCUT2D eigenvalue weighted by atomic mass is 9.82. The van der Waals surface area contributed by atoms with Gasteiger partial charge in [0, 0.05) is 18.6 Å². The van der Waals surface area contributed by atoms with Crippen molar-refractivity contribution < 1.29 is 5.11 Å². The molecule has 108 valence electrons. The van der Waals surface area contributed by atoms with Crippen molar-refractivity contribution in [2.24, 2.45) is 17.3 Å². The van der Waals surface area contributed by atoms with Crippen LogP contribution in [0.4, 0.5) is 0 Å². The largest absolute Gasteiger partial charge is 0.396 e. The van der Waals surface area contributed by atoms with Crippen LogP contribution in [0, 0.1) is 17.3 Å². The summed E-state index contributed by atoms with van der Waals surface area (Å²) in [6, 6.07) is 0. The fourth-order valence-electron chi connectivity index (χ4n) is 3.23. The molecule has 1 aliphatic rings. The quantitative estimate of drug-likeness (QED) is 0.784. The fraction of sp³-hybridized carbons (Fsp3) is 1.00. The third-order valence-electron chi connectivity index (χ3n) is 5.20. The van der Waals surface area contributed by atoms with Crippen LogP contribution in [0.3, 0.4) is 0 Å². The predicted molar refractivity (Wildman–Crippen MR) is 78.7 cm³/mol. The summed E-state index contributed by atoms with van der Waals surface area (Å²) in [7, 11) is 0. The monoisotopic (exact) mass is 255 g/mol. The summed E-state index contributed by atoms with van der Waals surface area (Å²) in [5.74, 6) is 1.73. The summed E-state index contributed by atoms with van der Waals surface area (Å²) in [5, 5.41) is 9.69. The van der Waals surface area contributed by atoms with E-state index in [1.165, 1.54) is 32.4 Å². The van der Waals surface area contributed by atoms with Gasteiger partial charge in [0.1, 0.15) is 0 Å². The van der Waals surface area contributed by atoms with Gasteiger partial charge in [-0.1, -0.05) is 27.7 Å². The average Bonchev–Trinajstić information content (AvgIpc) is 2.61. The van der Waals surface area contributed by atoms with E-state index in [-0.39, 0.29) is 5.41 Å². The molecular weight excluding hydrogens is 222 g/mol. The molecule has 1 unspecified atom stereocenters. The van der Waals surface area contributed by atoms with E-state index >= 15 is 0 Å². The summed E-state index contributed by atoms with van der Waals surface area (Å²) >= 11 is 0. The Morgan fingerprint density at radius 3 is 2.33 bits per heavy atom. The zero-order chi connectivity index (χ0) is 13.6. The van der Waals surface area contributed by atoms with Crippen molar-refractivity contribution in [1.82, 2.24) is 4.90 Å². The zero-order valence-electron chi connectivity index (χ0n) is 12.9. The zero-order valence-corrected chi connectivity index (χ0v) is 12.9. The minimum absolute atomic E-state index is 0.137. The smallest absolute Gasteiger partial charge is 0.0499 e. The minimum Gasteiger partial charge on any atom is -0.396 e. The Balaban J connectivity index is 2.52. The number of aliphatic hydroxyl groups is 1. The third-order valence-corrected chi connectivity index (χ3v) is 5.20. The van der Waals surface area contributed by atoms with Gasteiger partial charge in [-0.3, -0.25) is 0 Å². The van der Waals surface area contributed by atoms with Crippen molar-refractivity contribution in [2.45, 2.75) is 59.8 Å². The number of nitrogens with zero attached hydrogens (tertiary/aromatic N) is 1. The molecule has 0 saturated carbocycles. The van der Waals surface area contributed by atoms with Gasteiger partial charge in [0.25, 0.3) is 0 Å². The minimum atomic E-state index is 0.137. The highest BCUT2D eigenvalue weighted by Crippen LogP contribution is 2.30. The molecule has 2 nitrogen and oxygen atoms in total. The van der Waals surface area contributed by atoms with E-state index in [1.807, 2.05) is 0 Å². The Morgan fingerprint density at radius 1 is 1.17 bits per heavy atom. The van der Waals surface area contributed by atoms with Crippen LogP contribution >= 0.6 is 0 Å². The molecule has 1 aliphatic heterocycles. The van der Waals surface area contributed by atoms with Gasteiger partial charge in [0.05, 0.1) is 0 Å². The van der Waals surface area contributed by atoms with Crippen molar-refractivity contribution >= 4 is 0 Å². The molecule has 0 aliphatic carbocycles. The molecule has 0 aromatic carbocycles. The van der Waals surface area contributed by atoms with Crippen molar-refractivity contribution in [3.8, 4) is 0 Å². The Morgan fingerprint density at radius 2 is 1.83 bits per heavy atom. The standard InChI is InChI=1S/C16H33NO/c1-5-16(6-2,13-18)12-17-10-7-8-15(9-11-17)14(3)4/h14-15,18H,5-13H2,1-4H3. The first-order chi connectivity index (χ1) is 8.56. The predicted octanol–water partition coefficient (Wildman–Crippen LogP) is 3.54. The maximum Gasteiger partial charge on any atom is 0.0499 e. The van der Waals surface area contributed by atoms with Crippen LogP contribution in [-0.4, -0.2) is 36.2 Å². The lowest BCUT2D eigenvalue weighted by Gasteiger charge is -2.35. The Hall–Kier alpha value is -0.0800. The molecule has 0 aromatic heterocycles. The Kier molecular flexibility index (Phi) is 6.65. The molecule has 1 N–H and O–H groups in total. The maximum absolute atomic E-state index is 9.69. The highest BCUT2D eigenvalue weighted by molar-refractivity contribution is 4.82. The van der Waals surface area contributed by atoms with Gasteiger partial charge in [0.2, 0.25) is 0 Å². The highest BCUT2D eigenvalue weighted by Gasteiger charge is 2.29. The number of hydrogen-bond acceptors (Lipinski definition) is 2. The SMILES string of the molecule is CCC(CC)(CO)CN1CCCC(C(C)C)CC1. The first kappa shape index (κ1) is 16.0. The third kappa shape index (κ3) is 4.24. The molecule has 2 heteroatoms. The molecule has 1 heterocycles. The van der Waals surface area contributed by atoms with Crippen LogP contribution in [0.25, 0.3) is 0 Å². The van der Waals surface area contributed by atoms with Crippen molar-refractivity contribution in [3.05, 3.63) is 0 Å². The van der Waals surface area contributed by atoms with Gasteiger partial charge in [-0.15, -0.1) is 0 Å². The highest BCUT2D eigenvalue weighted by atomic mass is 16.3. The number of hydrogen-bond donors (Lipinski definition) is 1. The second-order valence-corrected chi connectivity index (χ2v) is 6.58. The lowest BCUT2D eigenvalue weighted by molar-refractivity contribution is 0.0663. The number of likely N-dealkylation sites (tertiary alicyclic amines) is 1. The first-order valence-electron chi connectivity index (χ1n) is 7.90. The van der Waals surface area contributed by atoms with Crippen molar-refractivity contribution in [3.63, 3.8) is 0 Å². The Labute approximate surface area is 114 Å².